The van der Waals surface area contributed by atoms with Gasteiger partial charge in [-0.2, -0.15) is 0 Å². The lowest BCUT2D eigenvalue weighted by atomic mass is 9.87. The molecule has 1 fully saturated rings. The number of aliphatic hydroxyl groups is 1. The molecule has 1 unspecified atom stereocenters. The molecule has 1 atom stereocenters. The number of hydrogen-bond acceptors (Lipinski definition) is 3. The molecule has 2 N–H and O–H groups in total. The van der Waals surface area contributed by atoms with Gasteiger partial charge in [0, 0.05) is 19.4 Å². The minimum absolute atomic E-state index is 0.0572. The van der Waals surface area contributed by atoms with E-state index in [0.717, 1.165) is 38.1 Å². The van der Waals surface area contributed by atoms with Crippen LogP contribution in [-0.4, -0.2) is 27.3 Å². The van der Waals surface area contributed by atoms with Crippen molar-refractivity contribution in [3.63, 3.8) is 0 Å². The molecule has 1 heterocycles. The largest absolute Gasteiger partial charge is 0.393 e. The molecular weight excluding hydrogens is 214 g/mol. The Morgan fingerprint density at radius 1 is 1.47 bits per heavy atom. The molecule has 0 aliphatic heterocycles. The fourth-order valence-electron chi connectivity index (χ4n) is 2.58. The summed E-state index contributed by atoms with van der Waals surface area (Å²) in [7, 11) is 2.03. The lowest BCUT2D eigenvalue weighted by molar-refractivity contribution is 0.107. The van der Waals surface area contributed by atoms with Crippen LogP contribution in [-0.2, 0) is 7.05 Å². The van der Waals surface area contributed by atoms with E-state index in [4.69, 9.17) is 0 Å². The Bertz CT molecular complexity index is 342. The van der Waals surface area contributed by atoms with E-state index in [9.17, 15) is 5.11 Å². The van der Waals surface area contributed by atoms with E-state index in [1.165, 1.54) is 0 Å². The average molecular weight is 237 g/mol. The normalized spacial score (nSPS) is 27.0. The highest BCUT2D eigenvalue weighted by molar-refractivity contribution is 4.97. The van der Waals surface area contributed by atoms with Crippen molar-refractivity contribution >= 4 is 0 Å². The predicted molar refractivity (Wildman–Crippen MR) is 67.6 cm³/mol. The van der Waals surface area contributed by atoms with Crippen LogP contribution in [0.5, 0.6) is 0 Å². The van der Waals surface area contributed by atoms with E-state index in [1.54, 1.807) is 0 Å². The van der Waals surface area contributed by atoms with Crippen molar-refractivity contribution in [2.45, 2.75) is 44.8 Å². The third kappa shape index (κ3) is 3.30. The van der Waals surface area contributed by atoms with Gasteiger partial charge >= 0.3 is 0 Å². The van der Waals surface area contributed by atoms with Gasteiger partial charge in [-0.15, -0.1) is 0 Å². The first kappa shape index (κ1) is 12.6. The summed E-state index contributed by atoms with van der Waals surface area (Å²) in [5.41, 5.74) is 0. The number of aliphatic hydroxyl groups excluding tert-OH is 1. The number of aromatic nitrogens is 2. The number of nitrogens with one attached hydrogen (secondary N) is 1. The maximum absolute atomic E-state index is 9.46. The zero-order valence-corrected chi connectivity index (χ0v) is 10.8. The summed E-state index contributed by atoms with van der Waals surface area (Å²) in [6.45, 7) is 3.18. The van der Waals surface area contributed by atoms with Gasteiger partial charge in [0.25, 0.3) is 0 Å². The summed E-state index contributed by atoms with van der Waals surface area (Å²) >= 11 is 0. The van der Waals surface area contributed by atoms with Gasteiger partial charge in [0.15, 0.2) is 0 Å². The van der Waals surface area contributed by atoms with E-state index in [0.29, 0.717) is 12.0 Å². The summed E-state index contributed by atoms with van der Waals surface area (Å²) in [6, 6.07) is 0.293. The topological polar surface area (TPSA) is 50.1 Å². The predicted octanol–water partition coefficient (Wildman–Crippen LogP) is 1.62. The number of hydrogen-bond donors (Lipinski definition) is 2. The first-order chi connectivity index (χ1) is 8.16. The van der Waals surface area contributed by atoms with Crippen molar-refractivity contribution < 1.29 is 5.11 Å². The molecule has 4 nitrogen and oxygen atoms in total. The Kier molecular flexibility index (Phi) is 4.18. The van der Waals surface area contributed by atoms with Crippen molar-refractivity contribution in [1.29, 1.82) is 0 Å². The van der Waals surface area contributed by atoms with E-state index >= 15 is 0 Å². The Morgan fingerprint density at radius 3 is 2.76 bits per heavy atom. The van der Waals surface area contributed by atoms with E-state index in [1.807, 2.05) is 19.4 Å². The highest BCUT2D eigenvalue weighted by Crippen LogP contribution is 2.24. The number of aryl methyl sites for hydroxylation is 1. The van der Waals surface area contributed by atoms with Crippen molar-refractivity contribution in [2.24, 2.45) is 13.0 Å². The molecule has 0 radical (unpaired) electrons. The number of rotatable bonds is 4. The van der Waals surface area contributed by atoms with Gasteiger partial charge in [0.2, 0.25) is 0 Å². The number of imidazole rings is 1. The van der Waals surface area contributed by atoms with Crippen molar-refractivity contribution in [3.8, 4) is 0 Å². The van der Waals surface area contributed by atoms with E-state index in [-0.39, 0.29) is 6.10 Å². The third-order valence-corrected chi connectivity index (χ3v) is 3.77. The standard InChI is InChI=1S/C13H23N3O/c1-10(13-14-7-8-16(13)2)15-9-11-3-5-12(17)6-4-11/h7-8,10-12,15,17H,3-6,9H2,1-2H3. The maximum atomic E-state index is 9.46. The monoisotopic (exact) mass is 237 g/mol. The molecular formula is C13H23N3O. The molecule has 1 saturated carbocycles. The molecule has 1 aromatic rings. The van der Waals surface area contributed by atoms with Crippen LogP contribution in [0.4, 0.5) is 0 Å². The summed E-state index contributed by atoms with van der Waals surface area (Å²) in [4.78, 5) is 4.35. The van der Waals surface area contributed by atoms with Crippen molar-refractivity contribution in [1.82, 2.24) is 14.9 Å². The van der Waals surface area contributed by atoms with Crippen molar-refractivity contribution in [2.75, 3.05) is 6.54 Å². The Morgan fingerprint density at radius 2 is 2.18 bits per heavy atom. The molecule has 1 aliphatic carbocycles. The molecule has 17 heavy (non-hydrogen) atoms. The van der Waals surface area contributed by atoms with Crippen LogP contribution >= 0.6 is 0 Å². The Balaban J connectivity index is 1.77. The molecule has 0 aromatic carbocycles. The van der Waals surface area contributed by atoms with Gasteiger partial charge in [0.1, 0.15) is 5.82 Å². The average Bonchev–Trinajstić information content (AvgIpc) is 2.74. The van der Waals surface area contributed by atoms with Crippen LogP contribution in [0.15, 0.2) is 12.4 Å². The van der Waals surface area contributed by atoms with Gasteiger partial charge in [-0.05, 0) is 45.1 Å². The maximum Gasteiger partial charge on any atom is 0.125 e. The second-order valence-electron chi connectivity index (χ2n) is 5.20. The second-order valence-corrected chi connectivity index (χ2v) is 5.20. The molecule has 0 amide bonds. The minimum atomic E-state index is -0.0572. The lowest BCUT2D eigenvalue weighted by Gasteiger charge is -2.26. The minimum Gasteiger partial charge on any atom is -0.393 e. The zero-order chi connectivity index (χ0) is 12.3. The van der Waals surface area contributed by atoms with E-state index in [2.05, 4.69) is 21.8 Å². The van der Waals surface area contributed by atoms with E-state index < -0.39 is 0 Å². The molecule has 0 spiro atoms. The highest BCUT2D eigenvalue weighted by Gasteiger charge is 2.20. The van der Waals surface area contributed by atoms with Crippen molar-refractivity contribution in [3.05, 3.63) is 18.2 Å². The van der Waals surface area contributed by atoms with Gasteiger partial charge in [-0.3, -0.25) is 0 Å². The van der Waals surface area contributed by atoms with Crippen LogP contribution in [0, 0.1) is 5.92 Å². The Labute approximate surface area is 103 Å². The first-order valence-electron chi connectivity index (χ1n) is 6.55. The zero-order valence-electron chi connectivity index (χ0n) is 10.8. The van der Waals surface area contributed by atoms with Gasteiger partial charge in [-0.1, -0.05) is 0 Å². The summed E-state index contributed by atoms with van der Waals surface area (Å²) < 4.78 is 2.06. The Hall–Kier alpha value is -0.870. The van der Waals surface area contributed by atoms with Crippen LogP contribution in [0.25, 0.3) is 0 Å². The highest BCUT2D eigenvalue weighted by atomic mass is 16.3. The smallest absolute Gasteiger partial charge is 0.125 e. The van der Waals surface area contributed by atoms with Crippen LogP contribution in [0.2, 0.25) is 0 Å². The summed E-state index contributed by atoms with van der Waals surface area (Å²) in [5.74, 6) is 1.79. The van der Waals surface area contributed by atoms with Crippen LogP contribution in [0.3, 0.4) is 0 Å². The third-order valence-electron chi connectivity index (χ3n) is 3.77. The molecule has 1 aliphatic rings. The quantitative estimate of drug-likeness (QED) is 0.836. The SMILES string of the molecule is CC(NCC1CCC(O)CC1)c1nccn1C. The van der Waals surface area contributed by atoms with Gasteiger partial charge in [-0.25, -0.2) is 4.98 Å². The summed E-state index contributed by atoms with van der Waals surface area (Å²) in [6.07, 6.45) is 7.96. The lowest BCUT2D eigenvalue weighted by Crippen LogP contribution is -2.30. The molecule has 0 saturated heterocycles. The molecule has 2 rings (SSSR count). The van der Waals surface area contributed by atoms with Crippen LogP contribution < -0.4 is 5.32 Å². The molecule has 0 bridgehead atoms. The fourth-order valence-corrected chi connectivity index (χ4v) is 2.58. The van der Waals surface area contributed by atoms with Gasteiger partial charge < -0.3 is 15.0 Å². The first-order valence-corrected chi connectivity index (χ1v) is 6.55. The van der Waals surface area contributed by atoms with Gasteiger partial charge in [0.05, 0.1) is 12.1 Å². The molecule has 96 valence electrons. The summed E-state index contributed by atoms with van der Waals surface area (Å²) in [5, 5.41) is 13.0. The second kappa shape index (κ2) is 5.65. The fraction of sp³-hybridized carbons (Fsp3) is 0.769. The molecule has 4 heteroatoms. The number of nitrogens with zero attached hydrogens (tertiary/aromatic N) is 2. The van der Waals surface area contributed by atoms with Crippen LogP contribution in [0.1, 0.15) is 44.5 Å². The molecule has 1 aromatic heterocycles.